The maximum atomic E-state index is 11.9. The molecule has 0 bridgehead atoms. The van der Waals surface area contributed by atoms with Crippen molar-refractivity contribution in [3.05, 3.63) is 64.5 Å². The van der Waals surface area contributed by atoms with E-state index in [2.05, 4.69) is 4.98 Å². The predicted molar refractivity (Wildman–Crippen MR) is 79.7 cm³/mol. The summed E-state index contributed by atoms with van der Waals surface area (Å²) >= 11 is 0. The molecule has 114 valence electrons. The van der Waals surface area contributed by atoms with Gasteiger partial charge in [-0.1, -0.05) is 6.07 Å². The molecule has 2 aromatic rings. The highest BCUT2D eigenvalue weighted by Gasteiger charge is 2.12. The number of ether oxygens (including phenoxy) is 1. The van der Waals surface area contributed by atoms with E-state index in [4.69, 9.17) is 4.74 Å². The van der Waals surface area contributed by atoms with E-state index >= 15 is 0 Å². The molecule has 0 saturated carbocycles. The van der Waals surface area contributed by atoms with E-state index < -0.39 is 11.0 Å². The highest BCUT2D eigenvalue weighted by atomic mass is 16.6. The number of hydrogen-bond donors (Lipinski definition) is 0. The second kappa shape index (κ2) is 7.16. The molecule has 0 fully saturated rings. The minimum absolute atomic E-state index is 0.0525. The molecule has 1 amide bonds. The van der Waals surface area contributed by atoms with Gasteiger partial charge in [-0.3, -0.25) is 15.1 Å². The van der Waals surface area contributed by atoms with Crippen LogP contribution in [0.4, 0.5) is 10.5 Å². The van der Waals surface area contributed by atoms with Gasteiger partial charge in [0.25, 0.3) is 5.69 Å². The Hall–Kier alpha value is -2.96. The van der Waals surface area contributed by atoms with Crippen LogP contribution < -0.4 is 4.74 Å². The average Bonchev–Trinajstić information content (AvgIpc) is 2.54. The van der Waals surface area contributed by atoms with Gasteiger partial charge < -0.3 is 9.64 Å². The van der Waals surface area contributed by atoms with Gasteiger partial charge in [0.15, 0.2) is 0 Å². The molecule has 0 aliphatic heterocycles. The first-order valence-corrected chi connectivity index (χ1v) is 6.63. The van der Waals surface area contributed by atoms with Gasteiger partial charge in [0, 0.05) is 44.0 Å². The summed E-state index contributed by atoms with van der Waals surface area (Å²) in [5.74, 6) is 0.264. The molecular formula is C15H15N3O4. The minimum atomic E-state index is -0.523. The summed E-state index contributed by atoms with van der Waals surface area (Å²) in [6.45, 7) is 0.461. The molecule has 7 nitrogen and oxygen atoms in total. The Morgan fingerprint density at radius 3 is 2.59 bits per heavy atom. The molecule has 0 unspecified atom stereocenters. The van der Waals surface area contributed by atoms with Gasteiger partial charge in [-0.15, -0.1) is 0 Å². The summed E-state index contributed by atoms with van der Waals surface area (Å²) < 4.78 is 5.14. The molecule has 1 aromatic heterocycles. The van der Waals surface area contributed by atoms with Crippen molar-refractivity contribution in [1.29, 1.82) is 0 Å². The highest BCUT2D eigenvalue weighted by Crippen LogP contribution is 2.17. The van der Waals surface area contributed by atoms with Gasteiger partial charge in [-0.05, 0) is 24.3 Å². The van der Waals surface area contributed by atoms with Crippen molar-refractivity contribution in [2.24, 2.45) is 0 Å². The molecule has 0 N–H and O–H groups in total. The number of carbonyl (C=O) groups is 1. The van der Waals surface area contributed by atoms with Crippen LogP contribution in [0.1, 0.15) is 5.69 Å². The third-order valence-corrected chi connectivity index (χ3v) is 2.99. The standard InChI is InChI=1S/C15H15N3O4/c1-17(11-9-12-4-2-3-10-16-12)15(19)22-14-7-5-13(6-8-14)18(20)21/h2-8,10H,9,11H2,1H3. The molecule has 1 aromatic carbocycles. The van der Waals surface area contributed by atoms with E-state index in [1.165, 1.54) is 29.2 Å². The number of nitro benzene ring substituents is 1. The Kier molecular flexibility index (Phi) is 5.02. The SMILES string of the molecule is CN(CCc1ccccn1)C(=O)Oc1ccc([N+](=O)[O-])cc1. The number of pyridine rings is 1. The summed E-state index contributed by atoms with van der Waals surface area (Å²) in [5, 5.41) is 10.5. The van der Waals surface area contributed by atoms with Crippen LogP contribution in [0, 0.1) is 10.1 Å². The molecule has 0 aliphatic rings. The Morgan fingerprint density at radius 2 is 2.00 bits per heavy atom. The molecule has 2 rings (SSSR count). The Balaban J connectivity index is 1.87. The summed E-state index contributed by atoms with van der Waals surface area (Å²) in [7, 11) is 1.62. The second-order valence-corrected chi connectivity index (χ2v) is 4.61. The van der Waals surface area contributed by atoms with Gasteiger partial charge in [-0.2, -0.15) is 0 Å². The average molecular weight is 301 g/mol. The van der Waals surface area contributed by atoms with Crippen molar-refractivity contribution in [2.75, 3.05) is 13.6 Å². The van der Waals surface area contributed by atoms with Crippen molar-refractivity contribution in [1.82, 2.24) is 9.88 Å². The number of non-ortho nitro benzene ring substituents is 1. The molecule has 0 radical (unpaired) electrons. The first kappa shape index (κ1) is 15.4. The molecular weight excluding hydrogens is 286 g/mol. The lowest BCUT2D eigenvalue weighted by Crippen LogP contribution is -2.31. The highest BCUT2D eigenvalue weighted by molar-refractivity contribution is 5.70. The topological polar surface area (TPSA) is 85.6 Å². The molecule has 22 heavy (non-hydrogen) atoms. The van der Waals surface area contributed by atoms with Crippen molar-refractivity contribution in [3.63, 3.8) is 0 Å². The van der Waals surface area contributed by atoms with Gasteiger partial charge >= 0.3 is 6.09 Å². The maximum absolute atomic E-state index is 11.9. The van der Waals surface area contributed by atoms with Crippen molar-refractivity contribution in [3.8, 4) is 5.75 Å². The van der Waals surface area contributed by atoms with Crippen LogP contribution >= 0.6 is 0 Å². The van der Waals surface area contributed by atoms with E-state index in [1.54, 1.807) is 13.2 Å². The summed E-state index contributed by atoms with van der Waals surface area (Å²) in [4.78, 5) is 27.5. The molecule has 0 saturated heterocycles. The van der Waals surface area contributed by atoms with E-state index in [1.807, 2.05) is 18.2 Å². The molecule has 0 aliphatic carbocycles. The third-order valence-electron chi connectivity index (χ3n) is 2.99. The van der Waals surface area contributed by atoms with Crippen LogP contribution in [-0.2, 0) is 6.42 Å². The van der Waals surface area contributed by atoms with Crippen molar-refractivity contribution < 1.29 is 14.5 Å². The third kappa shape index (κ3) is 4.27. The zero-order valence-corrected chi connectivity index (χ0v) is 12.0. The Morgan fingerprint density at radius 1 is 1.27 bits per heavy atom. The number of carbonyl (C=O) groups excluding carboxylic acids is 1. The van der Waals surface area contributed by atoms with E-state index in [9.17, 15) is 14.9 Å². The van der Waals surface area contributed by atoms with Gasteiger partial charge in [0.2, 0.25) is 0 Å². The van der Waals surface area contributed by atoms with Crippen LogP contribution in [0.25, 0.3) is 0 Å². The molecule has 1 heterocycles. The van der Waals surface area contributed by atoms with Crippen LogP contribution in [0.2, 0.25) is 0 Å². The zero-order chi connectivity index (χ0) is 15.9. The van der Waals surface area contributed by atoms with E-state index in [-0.39, 0.29) is 11.4 Å². The second-order valence-electron chi connectivity index (χ2n) is 4.61. The monoisotopic (exact) mass is 301 g/mol. The quantitative estimate of drug-likeness (QED) is 0.626. The Bertz CT molecular complexity index is 644. The van der Waals surface area contributed by atoms with Crippen LogP contribution in [0.15, 0.2) is 48.7 Å². The molecule has 7 heteroatoms. The molecule has 0 spiro atoms. The fourth-order valence-electron chi connectivity index (χ4n) is 1.73. The number of hydrogen-bond acceptors (Lipinski definition) is 5. The lowest BCUT2D eigenvalue weighted by molar-refractivity contribution is -0.384. The van der Waals surface area contributed by atoms with Gasteiger partial charge in [0.1, 0.15) is 5.75 Å². The normalized spacial score (nSPS) is 10.0. The number of likely N-dealkylation sites (N-methyl/N-ethyl adjacent to an activating group) is 1. The molecule has 0 atom stereocenters. The van der Waals surface area contributed by atoms with Crippen LogP contribution in [-0.4, -0.2) is 34.5 Å². The fraction of sp³-hybridized carbons (Fsp3) is 0.200. The van der Waals surface area contributed by atoms with Gasteiger partial charge in [0.05, 0.1) is 4.92 Å². The Labute approximate surface area is 127 Å². The number of aromatic nitrogens is 1. The van der Waals surface area contributed by atoms with Crippen LogP contribution in [0.3, 0.4) is 0 Å². The summed E-state index contributed by atoms with van der Waals surface area (Å²) in [6, 6.07) is 11.0. The van der Waals surface area contributed by atoms with Gasteiger partial charge in [-0.25, -0.2) is 4.79 Å². The van der Waals surface area contributed by atoms with E-state index in [0.29, 0.717) is 13.0 Å². The van der Waals surface area contributed by atoms with Crippen molar-refractivity contribution in [2.45, 2.75) is 6.42 Å². The summed E-state index contributed by atoms with van der Waals surface area (Å²) in [5.41, 5.74) is 0.834. The fourth-order valence-corrected chi connectivity index (χ4v) is 1.73. The number of nitrogens with zero attached hydrogens (tertiary/aromatic N) is 3. The largest absolute Gasteiger partial charge is 0.414 e. The number of benzene rings is 1. The smallest absolute Gasteiger partial charge is 0.410 e. The first-order valence-electron chi connectivity index (χ1n) is 6.63. The zero-order valence-electron chi connectivity index (χ0n) is 12.0. The lowest BCUT2D eigenvalue weighted by Gasteiger charge is -2.16. The van der Waals surface area contributed by atoms with Crippen molar-refractivity contribution >= 4 is 11.8 Å². The summed E-state index contributed by atoms with van der Waals surface area (Å²) in [6.07, 6.45) is 1.79. The van der Waals surface area contributed by atoms with E-state index in [0.717, 1.165) is 5.69 Å². The number of rotatable bonds is 5. The maximum Gasteiger partial charge on any atom is 0.414 e. The first-order chi connectivity index (χ1) is 10.6. The minimum Gasteiger partial charge on any atom is -0.410 e. The van der Waals surface area contributed by atoms with Crippen LogP contribution in [0.5, 0.6) is 5.75 Å². The predicted octanol–water partition coefficient (Wildman–Crippen LogP) is 2.66. The lowest BCUT2D eigenvalue weighted by atomic mass is 10.2. The number of amides is 1. The number of nitro groups is 1.